The molecule has 0 bridgehead atoms. The van der Waals surface area contributed by atoms with Gasteiger partial charge in [0, 0.05) is 12.0 Å². The number of allylic oxidation sites excluding steroid dienone is 1. The van der Waals surface area contributed by atoms with Crippen LogP contribution < -0.4 is 0 Å². The van der Waals surface area contributed by atoms with E-state index in [4.69, 9.17) is 4.42 Å². The highest BCUT2D eigenvalue weighted by atomic mass is 16.6. The fourth-order valence-electron chi connectivity index (χ4n) is 2.10. The summed E-state index contributed by atoms with van der Waals surface area (Å²) in [6.45, 7) is 0. The van der Waals surface area contributed by atoms with E-state index >= 15 is 0 Å². The zero-order chi connectivity index (χ0) is 14.8. The summed E-state index contributed by atoms with van der Waals surface area (Å²) in [5.74, 6) is 1.21. The Morgan fingerprint density at radius 2 is 2.00 bits per heavy atom. The van der Waals surface area contributed by atoms with E-state index < -0.39 is 4.92 Å². The van der Waals surface area contributed by atoms with Gasteiger partial charge in [-0.25, -0.2) is 0 Å². The molecule has 5 nitrogen and oxygen atoms in total. The van der Waals surface area contributed by atoms with E-state index in [0.29, 0.717) is 17.1 Å². The fourth-order valence-corrected chi connectivity index (χ4v) is 2.10. The summed E-state index contributed by atoms with van der Waals surface area (Å²) < 4.78 is 5.57. The van der Waals surface area contributed by atoms with Gasteiger partial charge in [-0.1, -0.05) is 12.1 Å². The second-order valence-electron chi connectivity index (χ2n) is 4.99. The Labute approximate surface area is 121 Å². The molecule has 5 heteroatoms. The number of carbonyl (C=O) groups excluding carboxylic acids is 1. The largest absolute Gasteiger partial charge is 0.456 e. The van der Waals surface area contributed by atoms with Crippen LogP contribution in [0.4, 0.5) is 5.69 Å². The lowest BCUT2D eigenvalue weighted by molar-refractivity contribution is -0.384. The molecule has 106 valence electrons. The number of nitro groups is 1. The predicted molar refractivity (Wildman–Crippen MR) is 77.6 cm³/mol. The molecule has 1 aliphatic rings. The molecule has 1 aliphatic carbocycles. The first-order valence-corrected chi connectivity index (χ1v) is 6.71. The molecule has 1 aromatic heterocycles. The molecule has 0 amide bonds. The molecule has 0 unspecified atom stereocenters. The van der Waals surface area contributed by atoms with Crippen LogP contribution in [0, 0.1) is 16.0 Å². The maximum absolute atomic E-state index is 11.6. The van der Waals surface area contributed by atoms with Crippen molar-refractivity contribution in [2.75, 3.05) is 0 Å². The van der Waals surface area contributed by atoms with Gasteiger partial charge in [0.2, 0.25) is 0 Å². The molecule has 1 heterocycles. The Morgan fingerprint density at radius 1 is 1.24 bits per heavy atom. The molecule has 0 aliphatic heterocycles. The third kappa shape index (κ3) is 2.91. The van der Waals surface area contributed by atoms with E-state index in [0.717, 1.165) is 12.8 Å². The van der Waals surface area contributed by atoms with Gasteiger partial charge >= 0.3 is 0 Å². The van der Waals surface area contributed by atoms with Crippen molar-refractivity contribution >= 4 is 17.5 Å². The average molecular weight is 283 g/mol. The summed E-state index contributed by atoms with van der Waals surface area (Å²) in [5.41, 5.74) is 0.423. The number of furan rings is 1. The summed E-state index contributed by atoms with van der Waals surface area (Å²) in [7, 11) is 0. The minimum Gasteiger partial charge on any atom is -0.456 e. The van der Waals surface area contributed by atoms with E-state index in [1.54, 1.807) is 36.4 Å². The van der Waals surface area contributed by atoms with Crippen molar-refractivity contribution in [3.8, 4) is 11.3 Å². The first kappa shape index (κ1) is 13.3. The standard InChI is InChI=1S/C16H13NO4/c18-15(11-5-6-11)9-7-12-8-10-16(21-12)13-3-1-2-4-14(13)17(19)20/h1-4,7-11H,5-6H2/b9-7+. The number of hydrogen-bond acceptors (Lipinski definition) is 4. The molecular formula is C16H13NO4. The van der Waals surface area contributed by atoms with Gasteiger partial charge in [-0.2, -0.15) is 0 Å². The zero-order valence-electron chi connectivity index (χ0n) is 11.2. The average Bonchev–Trinajstić information content (AvgIpc) is 3.23. The number of benzene rings is 1. The maximum Gasteiger partial charge on any atom is 0.280 e. The monoisotopic (exact) mass is 283 g/mol. The molecule has 1 fully saturated rings. The molecule has 0 atom stereocenters. The van der Waals surface area contributed by atoms with Crippen molar-refractivity contribution < 1.29 is 14.1 Å². The van der Waals surface area contributed by atoms with E-state index in [1.165, 1.54) is 12.1 Å². The lowest BCUT2D eigenvalue weighted by atomic mass is 10.1. The summed E-state index contributed by atoms with van der Waals surface area (Å²) in [4.78, 5) is 22.1. The molecule has 0 N–H and O–H groups in total. The van der Waals surface area contributed by atoms with Crippen LogP contribution in [-0.4, -0.2) is 10.7 Å². The SMILES string of the molecule is O=C(/C=C/c1ccc(-c2ccccc2[N+](=O)[O-])o1)C1CC1. The molecule has 2 aromatic rings. The molecule has 1 saturated carbocycles. The Hall–Kier alpha value is -2.69. The summed E-state index contributed by atoms with van der Waals surface area (Å²) in [5, 5.41) is 11.0. The highest BCUT2D eigenvalue weighted by molar-refractivity contribution is 5.96. The van der Waals surface area contributed by atoms with Crippen molar-refractivity contribution in [1.29, 1.82) is 0 Å². The number of nitro benzene ring substituents is 1. The van der Waals surface area contributed by atoms with Gasteiger partial charge in [-0.05, 0) is 43.2 Å². The lowest BCUT2D eigenvalue weighted by Gasteiger charge is -1.98. The summed E-state index contributed by atoms with van der Waals surface area (Å²) in [6, 6.07) is 9.77. The van der Waals surface area contributed by atoms with Gasteiger partial charge in [0.05, 0.1) is 10.5 Å². The van der Waals surface area contributed by atoms with Gasteiger partial charge in [-0.15, -0.1) is 0 Å². The number of carbonyl (C=O) groups is 1. The minimum absolute atomic E-state index is 0.00330. The molecule has 21 heavy (non-hydrogen) atoms. The van der Waals surface area contributed by atoms with Gasteiger partial charge in [0.25, 0.3) is 5.69 Å². The number of ketones is 1. The number of para-hydroxylation sites is 1. The van der Waals surface area contributed by atoms with Crippen molar-refractivity contribution in [3.05, 3.63) is 58.3 Å². The second-order valence-corrected chi connectivity index (χ2v) is 4.99. The molecular weight excluding hydrogens is 270 g/mol. The third-order valence-electron chi connectivity index (χ3n) is 3.38. The van der Waals surface area contributed by atoms with Crippen LogP contribution in [0.1, 0.15) is 18.6 Å². The third-order valence-corrected chi connectivity index (χ3v) is 3.38. The van der Waals surface area contributed by atoms with Crippen molar-refractivity contribution in [2.24, 2.45) is 5.92 Å². The summed E-state index contributed by atoms with van der Waals surface area (Å²) in [6.07, 6.45) is 5.05. The Bertz CT molecular complexity index is 725. The fraction of sp³-hybridized carbons (Fsp3) is 0.188. The zero-order valence-corrected chi connectivity index (χ0v) is 11.2. The van der Waals surface area contributed by atoms with E-state index in [9.17, 15) is 14.9 Å². The minimum atomic E-state index is -0.440. The number of nitrogens with zero attached hydrogens (tertiary/aromatic N) is 1. The highest BCUT2D eigenvalue weighted by Crippen LogP contribution is 2.32. The molecule has 0 spiro atoms. The number of hydrogen-bond donors (Lipinski definition) is 0. The molecule has 0 saturated heterocycles. The first-order chi connectivity index (χ1) is 10.1. The van der Waals surface area contributed by atoms with Gasteiger partial charge in [0.1, 0.15) is 11.5 Å². The normalized spacial score (nSPS) is 14.5. The van der Waals surface area contributed by atoms with Crippen LogP contribution in [0.5, 0.6) is 0 Å². The van der Waals surface area contributed by atoms with E-state index in [-0.39, 0.29) is 17.4 Å². The maximum atomic E-state index is 11.6. The molecule has 0 radical (unpaired) electrons. The lowest BCUT2D eigenvalue weighted by Crippen LogP contribution is -1.92. The van der Waals surface area contributed by atoms with E-state index in [2.05, 4.69) is 0 Å². The van der Waals surface area contributed by atoms with Crippen molar-refractivity contribution in [1.82, 2.24) is 0 Å². The van der Waals surface area contributed by atoms with Gasteiger partial charge < -0.3 is 4.42 Å². The van der Waals surface area contributed by atoms with Crippen LogP contribution in [0.3, 0.4) is 0 Å². The number of rotatable bonds is 5. The van der Waals surface area contributed by atoms with Crippen LogP contribution in [0.15, 0.2) is 46.9 Å². The molecule has 3 rings (SSSR count). The van der Waals surface area contributed by atoms with Crippen LogP contribution in [0.25, 0.3) is 17.4 Å². The second kappa shape index (κ2) is 5.36. The predicted octanol–water partition coefficient (Wildman–Crippen LogP) is 3.85. The highest BCUT2D eigenvalue weighted by Gasteiger charge is 2.27. The van der Waals surface area contributed by atoms with Gasteiger partial charge in [0.15, 0.2) is 5.78 Å². The van der Waals surface area contributed by atoms with Crippen LogP contribution in [0.2, 0.25) is 0 Å². The van der Waals surface area contributed by atoms with Crippen molar-refractivity contribution in [2.45, 2.75) is 12.8 Å². The first-order valence-electron chi connectivity index (χ1n) is 6.71. The van der Waals surface area contributed by atoms with Crippen LogP contribution in [-0.2, 0) is 4.79 Å². The van der Waals surface area contributed by atoms with Gasteiger partial charge in [-0.3, -0.25) is 14.9 Å². The van der Waals surface area contributed by atoms with Crippen LogP contribution >= 0.6 is 0 Å². The quantitative estimate of drug-likeness (QED) is 0.474. The molecule has 1 aromatic carbocycles. The Kier molecular flexibility index (Phi) is 3.39. The summed E-state index contributed by atoms with van der Waals surface area (Å²) >= 11 is 0. The smallest absolute Gasteiger partial charge is 0.280 e. The topological polar surface area (TPSA) is 73.3 Å². The van der Waals surface area contributed by atoms with E-state index in [1.807, 2.05) is 0 Å². The Morgan fingerprint density at radius 3 is 2.71 bits per heavy atom. The van der Waals surface area contributed by atoms with Crippen molar-refractivity contribution in [3.63, 3.8) is 0 Å². The Balaban J connectivity index is 1.85.